The van der Waals surface area contributed by atoms with Crippen molar-refractivity contribution < 1.29 is 17.9 Å². The van der Waals surface area contributed by atoms with Crippen molar-refractivity contribution in [3.8, 4) is 11.1 Å². The molecule has 0 saturated heterocycles. The molecule has 0 aliphatic rings. The van der Waals surface area contributed by atoms with Gasteiger partial charge in [0.15, 0.2) is 16.3 Å². The van der Waals surface area contributed by atoms with Gasteiger partial charge in [0.05, 0.1) is 5.69 Å². The van der Waals surface area contributed by atoms with Crippen molar-refractivity contribution in [1.82, 2.24) is 4.98 Å². The monoisotopic (exact) mass is 391 g/mol. The Balaban J connectivity index is 2.54. The Kier molecular flexibility index (Phi) is 6.81. The summed E-state index contributed by atoms with van der Waals surface area (Å²) in [5.74, 6) is -1.12. The number of nitrogens with two attached hydrogens (primary N) is 2. The number of benzene rings is 1. The maximum atomic E-state index is 13.3. The first-order valence-electron chi connectivity index (χ1n) is 8.30. The molecule has 1 heterocycles. The SMILES string of the molecule is CC(C)CC(=CC(C(N)=O)S(=O)O)c1cc(-c2ccc(F)cc2N)ccn1. The number of amides is 1. The van der Waals surface area contributed by atoms with Crippen LogP contribution in [0.1, 0.15) is 26.0 Å². The van der Waals surface area contributed by atoms with E-state index in [1.54, 1.807) is 24.4 Å². The van der Waals surface area contributed by atoms with Gasteiger partial charge in [0.2, 0.25) is 5.91 Å². The maximum Gasteiger partial charge on any atom is 0.239 e. The van der Waals surface area contributed by atoms with Crippen LogP contribution in [0, 0.1) is 11.7 Å². The van der Waals surface area contributed by atoms with Gasteiger partial charge in [0.1, 0.15) is 5.82 Å². The topological polar surface area (TPSA) is 119 Å². The second-order valence-corrected chi connectivity index (χ2v) is 7.61. The van der Waals surface area contributed by atoms with Gasteiger partial charge >= 0.3 is 0 Å². The third-order valence-electron chi connectivity index (χ3n) is 3.89. The summed E-state index contributed by atoms with van der Waals surface area (Å²) in [6, 6.07) is 7.60. The highest BCUT2D eigenvalue weighted by Gasteiger charge is 2.21. The Morgan fingerprint density at radius 3 is 2.59 bits per heavy atom. The molecule has 1 aromatic heterocycles. The van der Waals surface area contributed by atoms with Crippen LogP contribution in [0.25, 0.3) is 16.7 Å². The van der Waals surface area contributed by atoms with Crippen LogP contribution in [-0.4, -0.2) is 24.9 Å². The van der Waals surface area contributed by atoms with E-state index in [1.807, 2.05) is 13.8 Å². The average molecular weight is 391 g/mol. The molecule has 8 heteroatoms. The highest BCUT2D eigenvalue weighted by molar-refractivity contribution is 7.81. The van der Waals surface area contributed by atoms with Crippen molar-refractivity contribution in [1.29, 1.82) is 0 Å². The van der Waals surface area contributed by atoms with Crippen LogP contribution in [0.15, 0.2) is 42.6 Å². The fourth-order valence-electron chi connectivity index (χ4n) is 2.69. The summed E-state index contributed by atoms with van der Waals surface area (Å²) in [7, 11) is 0. The molecule has 5 N–H and O–H groups in total. The van der Waals surface area contributed by atoms with Gasteiger partial charge in [-0.25, -0.2) is 8.60 Å². The van der Waals surface area contributed by atoms with E-state index >= 15 is 0 Å². The number of hydrogen-bond acceptors (Lipinski definition) is 4. The van der Waals surface area contributed by atoms with Crippen molar-refractivity contribution in [2.24, 2.45) is 11.7 Å². The van der Waals surface area contributed by atoms with Gasteiger partial charge in [-0.2, -0.15) is 0 Å². The number of aromatic nitrogens is 1. The Morgan fingerprint density at radius 1 is 1.33 bits per heavy atom. The Labute approximate surface area is 159 Å². The van der Waals surface area contributed by atoms with E-state index < -0.39 is 28.1 Å². The van der Waals surface area contributed by atoms with Gasteiger partial charge in [-0.3, -0.25) is 9.78 Å². The third-order valence-corrected chi connectivity index (χ3v) is 4.69. The molecule has 2 aromatic rings. The van der Waals surface area contributed by atoms with Crippen molar-refractivity contribution in [3.05, 3.63) is 54.1 Å². The number of anilines is 1. The summed E-state index contributed by atoms with van der Waals surface area (Å²) in [4.78, 5) is 15.8. The molecule has 1 amide bonds. The molecule has 0 spiro atoms. The molecule has 2 unspecified atom stereocenters. The molecular formula is C19H22FN3O3S. The number of nitrogen functional groups attached to an aromatic ring is 1. The highest BCUT2D eigenvalue weighted by Crippen LogP contribution is 2.30. The molecule has 144 valence electrons. The Morgan fingerprint density at radius 2 is 2.04 bits per heavy atom. The fraction of sp³-hybridized carbons (Fsp3) is 0.263. The van der Waals surface area contributed by atoms with Gasteiger partial charge in [-0.15, -0.1) is 0 Å². The molecule has 2 rings (SSSR count). The first-order chi connectivity index (χ1) is 12.7. The minimum absolute atomic E-state index is 0.207. The van der Waals surface area contributed by atoms with Gasteiger partial charge in [-0.1, -0.05) is 19.9 Å². The quantitative estimate of drug-likeness (QED) is 0.495. The van der Waals surface area contributed by atoms with Crippen molar-refractivity contribution in [3.63, 3.8) is 0 Å². The largest absolute Gasteiger partial charge is 0.398 e. The fourth-order valence-corrected chi connectivity index (χ4v) is 3.17. The second kappa shape index (κ2) is 8.88. The third kappa shape index (κ3) is 5.45. The smallest absolute Gasteiger partial charge is 0.239 e. The summed E-state index contributed by atoms with van der Waals surface area (Å²) in [6.07, 6.45) is 3.48. The standard InChI is InChI=1S/C19H22FN3O3S/c1-11(2)7-13(9-18(19(22)24)27(25)26)17-8-12(5-6-23-17)15-4-3-14(20)10-16(15)21/h3-6,8-11,18H,7,21H2,1-2H3,(H2,22,24)(H,25,26). The molecule has 6 nitrogen and oxygen atoms in total. The summed E-state index contributed by atoms with van der Waals surface area (Å²) < 4.78 is 34.1. The lowest BCUT2D eigenvalue weighted by Crippen LogP contribution is -2.30. The number of allylic oxidation sites excluding steroid dienone is 1. The van der Waals surface area contributed by atoms with Gasteiger partial charge in [0, 0.05) is 17.4 Å². The first kappa shape index (κ1) is 20.7. The van der Waals surface area contributed by atoms with Crippen LogP contribution in [0.4, 0.5) is 10.1 Å². The van der Waals surface area contributed by atoms with Crippen LogP contribution in [0.3, 0.4) is 0 Å². The number of carbonyl (C=O) groups is 1. The molecule has 0 saturated carbocycles. The normalized spacial score (nSPS) is 14.2. The number of nitrogens with zero attached hydrogens (tertiary/aromatic N) is 1. The number of pyridine rings is 1. The van der Waals surface area contributed by atoms with E-state index in [0.29, 0.717) is 28.8 Å². The lowest BCUT2D eigenvalue weighted by Gasteiger charge is -2.14. The minimum atomic E-state index is -2.43. The lowest BCUT2D eigenvalue weighted by molar-refractivity contribution is -0.116. The second-order valence-electron chi connectivity index (χ2n) is 6.55. The zero-order valence-electron chi connectivity index (χ0n) is 15.1. The van der Waals surface area contributed by atoms with Crippen LogP contribution in [0.2, 0.25) is 0 Å². The van der Waals surface area contributed by atoms with E-state index in [1.165, 1.54) is 18.2 Å². The number of rotatable bonds is 7. The molecule has 0 aliphatic carbocycles. The summed E-state index contributed by atoms with van der Waals surface area (Å²) in [5, 5.41) is -1.33. The van der Waals surface area contributed by atoms with Gasteiger partial charge in [-0.05, 0) is 53.8 Å². The van der Waals surface area contributed by atoms with E-state index in [0.717, 1.165) is 0 Å². The van der Waals surface area contributed by atoms with Crippen LogP contribution in [-0.2, 0) is 15.9 Å². The zero-order chi connectivity index (χ0) is 20.1. The van der Waals surface area contributed by atoms with Crippen molar-refractivity contribution in [2.45, 2.75) is 25.5 Å². The van der Waals surface area contributed by atoms with Crippen molar-refractivity contribution in [2.75, 3.05) is 5.73 Å². The van der Waals surface area contributed by atoms with E-state index in [-0.39, 0.29) is 11.6 Å². The molecule has 0 aliphatic heterocycles. The number of halogens is 1. The summed E-state index contributed by atoms with van der Waals surface area (Å²) in [5.41, 5.74) is 13.9. The van der Waals surface area contributed by atoms with E-state index in [2.05, 4.69) is 4.98 Å². The number of hydrogen-bond donors (Lipinski definition) is 3. The molecule has 2 atom stereocenters. The van der Waals surface area contributed by atoms with E-state index in [9.17, 15) is 17.9 Å². The molecule has 27 heavy (non-hydrogen) atoms. The zero-order valence-corrected chi connectivity index (χ0v) is 15.9. The summed E-state index contributed by atoms with van der Waals surface area (Å²) >= 11 is -2.43. The van der Waals surface area contributed by atoms with Gasteiger partial charge < -0.3 is 16.0 Å². The minimum Gasteiger partial charge on any atom is -0.398 e. The maximum absolute atomic E-state index is 13.3. The molecule has 0 radical (unpaired) electrons. The summed E-state index contributed by atoms with van der Waals surface area (Å²) in [6.45, 7) is 3.95. The van der Waals surface area contributed by atoms with E-state index in [4.69, 9.17) is 11.5 Å². The molecule has 0 fully saturated rings. The molecular weight excluding hydrogens is 369 g/mol. The highest BCUT2D eigenvalue weighted by atomic mass is 32.2. The van der Waals surface area contributed by atoms with Crippen LogP contribution in [0.5, 0.6) is 0 Å². The van der Waals surface area contributed by atoms with Gasteiger partial charge in [0.25, 0.3) is 0 Å². The van der Waals surface area contributed by atoms with Crippen molar-refractivity contribution >= 4 is 28.2 Å². The number of primary amides is 1. The number of carbonyl (C=O) groups excluding carboxylic acids is 1. The molecule has 0 bridgehead atoms. The molecule has 1 aromatic carbocycles. The first-order valence-corrected chi connectivity index (χ1v) is 9.47. The Hall–Kier alpha value is -2.58. The average Bonchev–Trinajstić information content (AvgIpc) is 2.57. The van der Waals surface area contributed by atoms with Crippen LogP contribution < -0.4 is 11.5 Å². The van der Waals surface area contributed by atoms with Crippen LogP contribution >= 0.6 is 0 Å². The predicted molar refractivity (Wildman–Crippen MR) is 105 cm³/mol. The lowest BCUT2D eigenvalue weighted by atomic mass is 9.96. The Bertz CT molecular complexity index is 886. The predicted octanol–water partition coefficient (Wildman–Crippen LogP) is 2.98.